The lowest BCUT2D eigenvalue weighted by Gasteiger charge is -2.46. The third-order valence-corrected chi connectivity index (χ3v) is 6.31. The molecule has 3 N–H and O–H groups in total. The first-order valence-corrected chi connectivity index (χ1v) is 10.7. The van der Waals surface area contributed by atoms with Crippen molar-refractivity contribution < 1.29 is 14.7 Å². The van der Waals surface area contributed by atoms with E-state index in [1.54, 1.807) is 30.3 Å². The number of aromatic nitrogens is 1. The van der Waals surface area contributed by atoms with Crippen LogP contribution >= 0.6 is 0 Å². The van der Waals surface area contributed by atoms with E-state index in [0.717, 1.165) is 5.56 Å². The molecule has 2 aliphatic rings. The molecule has 1 aliphatic carbocycles. The number of amides is 2. The van der Waals surface area contributed by atoms with Crippen LogP contribution in [0.5, 0.6) is 0 Å². The number of likely N-dealkylation sites (tertiary alicyclic amines) is 1. The van der Waals surface area contributed by atoms with E-state index < -0.39 is 11.6 Å². The Hall–Kier alpha value is -3.19. The maximum atomic E-state index is 13.1. The fourth-order valence-corrected chi connectivity index (χ4v) is 4.51. The number of piperidine rings is 1. The number of anilines is 1. The number of pyridine rings is 1. The Morgan fingerprint density at radius 3 is 2.55 bits per heavy atom. The quantitative estimate of drug-likeness (QED) is 0.646. The number of β-amino-alcohol motifs (C(OH)–C–C–N with tert-alkyl or cyclic N) is 1. The molecule has 2 atom stereocenters. The van der Waals surface area contributed by atoms with Crippen molar-refractivity contribution in [2.45, 2.75) is 30.9 Å². The minimum atomic E-state index is -0.944. The van der Waals surface area contributed by atoms with E-state index in [9.17, 15) is 14.7 Å². The fourth-order valence-electron chi connectivity index (χ4n) is 4.51. The number of nitrogens with one attached hydrogen (secondary N) is 2. The fraction of sp³-hybridized carbons (Fsp3) is 0.375. The van der Waals surface area contributed by atoms with Crippen molar-refractivity contribution in [2.24, 2.45) is 5.92 Å². The summed E-state index contributed by atoms with van der Waals surface area (Å²) in [5, 5.41) is 17.4. The summed E-state index contributed by atoms with van der Waals surface area (Å²) in [4.78, 5) is 32.0. The smallest absolute Gasteiger partial charge is 0.257 e. The second-order valence-corrected chi connectivity index (χ2v) is 8.13. The van der Waals surface area contributed by atoms with Crippen molar-refractivity contribution in [3.05, 3.63) is 71.9 Å². The van der Waals surface area contributed by atoms with Crippen LogP contribution in [0.2, 0.25) is 0 Å². The molecule has 0 unspecified atom stereocenters. The van der Waals surface area contributed by atoms with Crippen molar-refractivity contribution in [2.75, 3.05) is 25.5 Å². The van der Waals surface area contributed by atoms with Crippen LogP contribution in [0.1, 0.15) is 35.2 Å². The molecule has 0 saturated carbocycles. The minimum Gasteiger partial charge on any atom is -0.388 e. The molecule has 1 aromatic carbocycles. The van der Waals surface area contributed by atoms with Gasteiger partial charge in [0.1, 0.15) is 5.82 Å². The largest absolute Gasteiger partial charge is 0.388 e. The number of allylic oxidation sites excluding steroid dienone is 2. The normalized spacial score (nSPS) is 23.5. The zero-order valence-corrected chi connectivity index (χ0v) is 17.6. The Balaban J connectivity index is 1.58. The molecule has 1 saturated heterocycles. The monoisotopic (exact) mass is 420 g/mol. The maximum Gasteiger partial charge on any atom is 0.257 e. The standard InChI is InChI=1S/C24H28N4O3/c1-25-21-19(12-7-14-26-21)23(31)28-15-13-24(20(29)16-28,18-10-3-2-4-11-18)27-22(30)17-8-5-6-9-17/h2-7,10-12,14,17,20,29H,8-9,13,15-16H2,1H3,(H,25,26)(H,27,30)/t20-,24+/m1/s1. The van der Waals surface area contributed by atoms with Gasteiger partial charge in [0, 0.05) is 32.3 Å². The number of hydrogen-bond donors (Lipinski definition) is 3. The molecule has 162 valence electrons. The number of aliphatic hydroxyl groups is 1. The minimum absolute atomic E-state index is 0.0580. The summed E-state index contributed by atoms with van der Waals surface area (Å²) in [5.74, 6) is 0.145. The molecule has 1 aliphatic heterocycles. The first-order chi connectivity index (χ1) is 15.0. The lowest BCUT2D eigenvalue weighted by Crippen LogP contribution is -2.63. The summed E-state index contributed by atoms with van der Waals surface area (Å²) in [6, 6.07) is 13.0. The van der Waals surface area contributed by atoms with Crippen LogP contribution in [0.15, 0.2) is 60.8 Å². The average molecular weight is 421 g/mol. The summed E-state index contributed by atoms with van der Waals surface area (Å²) < 4.78 is 0. The van der Waals surface area contributed by atoms with Crippen molar-refractivity contribution in [1.82, 2.24) is 15.2 Å². The van der Waals surface area contributed by atoms with Gasteiger partial charge in [-0.1, -0.05) is 42.5 Å². The van der Waals surface area contributed by atoms with Crippen LogP contribution in [0.3, 0.4) is 0 Å². The predicted octanol–water partition coefficient (Wildman–Crippen LogP) is 2.31. The van der Waals surface area contributed by atoms with Gasteiger partial charge in [-0.05, 0) is 37.0 Å². The molecule has 2 heterocycles. The summed E-state index contributed by atoms with van der Waals surface area (Å²) in [6.07, 6.45) is 6.57. The number of rotatable bonds is 5. The van der Waals surface area contributed by atoms with E-state index >= 15 is 0 Å². The van der Waals surface area contributed by atoms with Gasteiger partial charge in [0.15, 0.2) is 0 Å². The summed E-state index contributed by atoms with van der Waals surface area (Å²) in [5.41, 5.74) is 0.384. The molecule has 2 aromatic rings. The summed E-state index contributed by atoms with van der Waals surface area (Å²) in [6.45, 7) is 0.529. The van der Waals surface area contributed by atoms with Crippen molar-refractivity contribution in [3.63, 3.8) is 0 Å². The first kappa shape index (κ1) is 21.1. The number of hydrogen-bond acceptors (Lipinski definition) is 5. The molecular weight excluding hydrogens is 392 g/mol. The van der Waals surface area contributed by atoms with Gasteiger partial charge >= 0.3 is 0 Å². The van der Waals surface area contributed by atoms with E-state index in [1.165, 1.54) is 0 Å². The third kappa shape index (κ3) is 4.05. The van der Waals surface area contributed by atoms with Gasteiger partial charge in [0.2, 0.25) is 5.91 Å². The Morgan fingerprint density at radius 1 is 1.13 bits per heavy atom. The van der Waals surface area contributed by atoms with Gasteiger partial charge in [-0.2, -0.15) is 0 Å². The highest BCUT2D eigenvalue weighted by atomic mass is 16.3. The van der Waals surface area contributed by atoms with Gasteiger partial charge in [0.25, 0.3) is 5.91 Å². The van der Waals surface area contributed by atoms with E-state index in [4.69, 9.17) is 0 Å². The lowest BCUT2D eigenvalue weighted by atomic mass is 9.78. The third-order valence-electron chi connectivity index (χ3n) is 6.31. The second-order valence-electron chi connectivity index (χ2n) is 8.13. The van der Waals surface area contributed by atoms with Crippen LogP contribution < -0.4 is 10.6 Å². The van der Waals surface area contributed by atoms with Crippen molar-refractivity contribution in [1.29, 1.82) is 0 Å². The van der Waals surface area contributed by atoms with Crippen LogP contribution in [0.25, 0.3) is 0 Å². The van der Waals surface area contributed by atoms with Gasteiger partial charge in [-0.15, -0.1) is 0 Å². The zero-order valence-electron chi connectivity index (χ0n) is 17.6. The van der Waals surface area contributed by atoms with E-state index in [-0.39, 0.29) is 24.3 Å². The number of carbonyl (C=O) groups excluding carboxylic acids is 2. The van der Waals surface area contributed by atoms with Crippen LogP contribution in [-0.2, 0) is 10.3 Å². The van der Waals surface area contributed by atoms with Gasteiger partial charge < -0.3 is 20.6 Å². The first-order valence-electron chi connectivity index (χ1n) is 10.7. The highest BCUT2D eigenvalue weighted by Gasteiger charge is 2.46. The number of benzene rings is 1. The van der Waals surface area contributed by atoms with Gasteiger partial charge in [0.05, 0.1) is 17.2 Å². The molecule has 0 bridgehead atoms. The van der Waals surface area contributed by atoms with E-state index in [2.05, 4.69) is 15.6 Å². The van der Waals surface area contributed by atoms with Crippen LogP contribution in [0, 0.1) is 5.92 Å². The predicted molar refractivity (Wildman–Crippen MR) is 118 cm³/mol. The van der Waals surface area contributed by atoms with Crippen LogP contribution in [-0.4, -0.2) is 53.0 Å². The van der Waals surface area contributed by atoms with Crippen molar-refractivity contribution in [3.8, 4) is 0 Å². The molecule has 31 heavy (non-hydrogen) atoms. The molecule has 2 amide bonds. The molecule has 4 rings (SSSR count). The maximum absolute atomic E-state index is 13.1. The number of carbonyl (C=O) groups is 2. The molecule has 0 spiro atoms. The second kappa shape index (κ2) is 8.89. The molecular formula is C24H28N4O3. The van der Waals surface area contributed by atoms with Crippen LogP contribution in [0.4, 0.5) is 5.82 Å². The lowest BCUT2D eigenvalue weighted by molar-refractivity contribution is -0.130. The Morgan fingerprint density at radius 2 is 1.87 bits per heavy atom. The summed E-state index contributed by atoms with van der Waals surface area (Å²) in [7, 11) is 1.72. The zero-order chi connectivity index (χ0) is 21.8. The van der Waals surface area contributed by atoms with E-state index in [0.29, 0.717) is 37.2 Å². The Labute approximate surface area is 182 Å². The van der Waals surface area contributed by atoms with Gasteiger partial charge in [-0.3, -0.25) is 9.59 Å². The molecule has 7 heteroatoms. The SMILES string of the molecule is CNc1ncccc1C(=O)N1CC[C@](NC(=O)C2CC=CC2)(c2ccccc2)[C@H](O)C1. The van der Waals surface area contributed by atoms with Crippen molar-refractivity contribution >= 4 is 17.6 Å². The topological polar surface area (TPSA) is 94.6 Å². The van der Waals surface area contributed by atoms with E-state index in [1.807, 2.05) is 42.5 Å². The molecule has 7 nitrogen and oxygen atoms in total. The highest BCUT2D eigenvalue weighted by molar-refractivity contribution is 5.98. The van der Waals surface area contributed by atoms with Gasteiger partial charge in [-0.25, -0.2) is 4.98 Å². The highest BCUT2D eigenvalue weighted by Crippen LogP contribution is 2.35. The Bertz CT molecular complexity index is 970. The number of aliphatic hydroxyl groups excluding tert-OH is 1. The average Bonchev–Trinajstić information content (AvgIpc) is 3.36. The molecule has 1 fully saturated rings. The summed E-state index contributed by atoms with van der Waals surface area (Å²) >= 11 is 0. The molecule has 1 aromatic heterocycles. The Kier molecular flexibility index (Phi) is 6.04. The molecule has 0 radical (unpaired) electrons. The number of nitrogens with zero attached hydrogens (tertiary/aromatic N) is 2.